The van der Waals surface area contributed by atoms with Crippen molar-refractivity contribution >= 4 is 31.2 Å². The van der Waals surface area contributed by atoms with Gasteiger partial charge in [-0.2, -0.15) is 0 Å². The Bertz CT molecular complexity index is 689. The van der Waals surface area contributed by atoms with E-state index in [4.69, 9.17) is 0 Å². The predicted molar refractivity (Wildman–Crippen MR) is 95.6 cm³/mol. The van der Waals surface area contributed by atoms with E-state index < -0.39 is 0 Å². The van der Waals surface area contributed by atoms with Gasteiger partial charge in [0.15, 0.2) is 0 Å². The summed E-state index contributed by atoms with van der Waals surface area (Å²) in [7, 11) is 2.78. The fraction of sp³-hybridized carbons (Fsp3) is 0.474. The fourth-order valence-electron chi connectivity index (χ4n) is 3.80. The second-order valence-corrected chi connectivity index (χ2v) is 7.35. The van der Waals surface area contributed by atoms with Gasteiger partial charge in [-0.25, -0.2) is 0 Å². The van der Waals surface area contributed by atoms with Crippen molar-refractivity contribution in [3.8, 4) is 0 Å². The molecule has 0 spiro atoms. The smallest absolute Gasteiger partial charge is 0.132 e. The summed E-state index contributed by atoms with van der Waals surface area (Å²) in [5.41, 5.74) is 2.52. The Kier molecular flexibility index (Phi) is 4.59. The molecule has 2 aromatic rings. The molecule has 0 N–H and O–H groups in total. The van der Waals surface area contributed by atoms with Gasteiger partial charge >= 0.3 is 0 Å². The van der Waals surface area contributed by atoms with Crippen molar-refractivity contribution in [3.63, 3.8) is 0 Å². The van der Waals surface area contributed by atoms with Gasteiger partial charge in [-0.05, 0) is 73.5 Å². The van der Waals surface area contributed by atoms with Crippen LogP contribution in [0.4, 0.5) is 0 Å². The molecule has 1 aromatic carbocycles. The Morgan fingerprint density at radius 2 is 1.95 bits per heavy atom. The van der Waals surface area contributed by atoms with E-state index in [0.717, 1.165) is 18.4 Å². The summed E-state index contributed by atoms with van der Waals surface area (Å²) in [4.78, 5) is 16.1. The Morgan fingerprint density at radius 3 is 2.64 bits per heavy atom. The van der Waals surface area contributed by atoms with Gasteiger partial charge in [0, 0.05) is 17.5 Å². The minimum Gasteiger partial charge on any atom is -0.300 e. The molecule has 0 amide bonds. The number of nitrogens with zero attached hydrogens (tertiary/aromatic N) is 1. The summed E-state index contributed by atoms with van der Waals surface area (Å²) < 4.78 is 0. The Hall–Kier alpha value is -1.27. The normalized spacial score (nSPS) is 23.4. The SMILES string of the molecule is CC(=O)[C@H](C)C1CCC(c2ccnc3ccc(P)cc23)CC1. The average Bonchev–Trinajstić information content (AvgIpc) is 2.53. The molecule has 1 aromatic heterocycles. The van der Waals surface area contributed by atoms with Crippen LogP contribution in [0, 0.1) is 11.8 Å². The number of carbonyl (C=O) groups excluding carboxylic acids is 1. The van der Waals surface area contributed by atoms with Crippen LogP contribution in [0.5, 0.6) is 0 Å². The van der Waals surface area contributed by atoms with Gasteiger partial charge in [0.2, 0.25) is 0 Å². The number of hydrogen-bond acceptors (Lipinski definition) is 2. The van der Waals surface area contributed by atoms with E-state index in [9.17, 15) is 4.79 Å². The number of benzene rings is 1. The third kappa shape index (κ3) is 3.08. The van der Waals surface area contributed by atoms with Crippen LogP contribution in [0.1, 0.15) is 51.0 Å². The Balaban J connectivity index is 1.82. The van der Waals surface area contributed by atoms with Crippen LogP contribution in [0.2, 0.25) is 0 Å². The first-order valence-corrected chi connectivity index (χ1v) is 8.78. The summed E-state index contributed by atoms with van der Waals surface area (Å²) >= 11 is 0. The molecule has 1 saturated carbocycles. The van der Waals surface area contributed by atoms with Crippen LogP contribution in [0.15, 0.2) is 30.5 Å². The fourth-order valence-corrected chi connectivity index (χ4v) is 4.07. The number of fused-ring (bicyclic) bond motifs is 1. The first-order chi connectivity index (χ1) is 10.6. The summed E-state index contributed by atoms with van der Waals surface area (Å²) in [6.45, 7) is 3.82. The summed E-state index contributed by atoms with van der Waals surface area (Å²) in [5, 5.41) is 2.50. The molecule has 0 aliphatic heterocycles. The van der Waals surface area contributed by atoms with Crippen LogP contribution < -0.4 is 5.30 Å². The summed E-state index contributed by atoms with van der Waals surface area (Å²) in [5.74, 6) is 1.73. The Labute approximate surface area is 134 Å². The highest BCUT2D eigenvalue weighted by Crippen LogP contribution is 2.40. The number of aromatic nitrogens is 1. The standard InChI is InChI=1S/C19H24NOP/c1-12(13(2)21)14-3-5-15(6-4-14)17-9-10-20-19-8-7-16(22)11-18(17)19/h7-12,14-15H,3-6,22H2,1-2H3/t12-,14?,15?/m0/s1. The lowest BCUT2D eigenvalue weighted by atomic mass is 9.73. The van der Waals surface area contributed by atoms with Crippen LogP contribution in [-0.4, -0.2) is 10.8 Å². The highest BCUT2D eigenvalue weighted by atomic mass is 31.0. The summed E-state index contributed by atoms with van der Waals surface area (Å²) in [6, 6.07) is 8.61. The van der Waals surface area contributed by atoms with Crippen molar-refractivity contribution in [2.45, 2.75) is 45.4 Å². The van der Waals surface area contributed by atoms with Crippen molar-refractivity contribution in [1.29, 1.82) is 0 Å². The number of ketones is 1. The average molecular weight is 313 g/mol. The van der Waals surface area contributed by atoms with Crippen molar-refractivity contribution in [2.75, 3.05) is 0 Å². The van der Waals surface area contributed by atoms with E-state index in [0.29, 0.717) is 17.6 Å². The molecule has 1 heterocycles. The van der Waals surface area contributed by atoms with Gasteiger partial charge in [0.25, 0.3) is 0 Å². The van der Waals surface area contributed by atoms with Gasteiger partial charge < -0.3 is 0 Å². The number of hydrogen-bond donors (Lipinski definition) is 0. The molecule has 0 bridgehead atoms. The van der Waals surface area contributed by atoms with Gasteiger partial charge in [-0.3, -0.25) is 9.78 Å². The van der Waals surface area contributed by atoms with E-state index in [1.54, 1.807) is 6.92 Å². The second-order valence-electron chi connectivity index (χ2n) is 6.69. The lowest BCUT2D eigenvalue weighted by molar-refractivity contribution is -0.122. The number of rotatable bonds is 3. The van der Waals surface area contributed by atoms with Gasteiger partial charge in [-0.1, -0.05) is 13.0 Å². The van der Waals surface area contributed by atoms with E-state index in [1.807, 2.05) is 6.20 Å². The van der Waals surface area contributed by atoms with E-state index in [1.165, 1.54) is 29.1 Å². The quantitative estimate of drug-likeness (QED) is 0.794. The maximum absolute atomic E-state index is 11.6. The van der Waals surface area contributed by atoms with Crippen LogP contribution in [0.25, 0.3) is 10.9 Å². The van der Waals surface area contributed by atoms with Crippen molar-refractivity contribution in [2.24, 2.45) is 11.8 Å². The lowest BCUT2D eigenvalue weighted by Gasteiger charge is -2.32. The minimum atomic E-state index is 0.216. The van der Waals surface area contributed by atoms with Gasteiger partial charge in [0.1, 0.15) is 5.78 Å². The Morgan fingerprint density at radius 1 is 1.23 bits per heavy atom. The molecule has 1 unspecified atom stereocenters. The molecule has 1 fully saturated rings. The monoisotopic (exact) mass is 313 g/mol. The first kappa shape index (κ1) is 15.6. The van der Waals surface area contributed by atoms with Crippen LogP contribution in [-0.2, 0) is 4.79 Å². The van der Waals surface area contributed by atoms with E-state index >= 15 is 0 Å². The molecule has 0 radical (unpaired) electrons. The third-order valence-electron chi connectivity index (χ3n) is 5.36. The minimum absolute atomic E-state index is 0.216. The maximum Gasteiger partial charge on any atom is 0.132 e. The number of Topliss-reactive ketones (excluding diaryl/α,β-unsaturated/α-hetero) is 1. The van der Waals surface area contributed by atoms with Crippen molar-refractivity contribution < 1.29 is 4.79 Å². The van der Waals surface area contributed by atoms with Gasteiger partial charge in [0.05, 0.1) is 5.52 Å². The van der Waals surface area contributed by atoms with Crippen molar-refractivity contribution in [1.82, 2.24) is 4.98 Å². The molecule has 0 saturated heterocycles. The summed E-state index contributed by atoms with van der Waals surface area (Å²) in [6.07, 6.45) is 6.63. The zero-order chi connectivity index (χ0) is 15.7. The second kappa shape index (κ2) is 6.46. The number of carbonyl (C=O) groups is 1. The maximum atomic E-state index is 11.6. The topological polar surface area (TPSA) is 30.0 Å². The van der Waals surface area contributed by atoms with Crippen molar-refractivity contribution in [3.05, 3.63) is 36.0 Å². The molecule has 22 heavy (non-hydrogen) atoms. The number of pyridine rings is 1. The zero-order valence-corrected chi connectivity index (χ0v) is 14.5. The molecule has 3 heteroatoms. The molecule has 2 atom stereocenters. The predicted octanol–water partition coefficient (Wildman–Crippen LogP) is 4.23. The molecule has 1 aliphatic rings. The van der Waals surface area contributed by atoms with Crippen LogP contribution in [0.3, 0.4) is 0 Å². The van der Waals surface area contributed by atoms with Crippen LogP contribution >= 0.6 is 9.24 Å². The first-order valence-electron chi connectivity index (χ1n) is 8.21. The highest BCUT2D eigenvalue weighted by Gasteiger charge is 2.28. The molecule has 3 rings (SSSR count). The lowest BCUT2D eigenvalue weighted by Crippen LogP contribution is -2.23. The molecular weight excluding hydrogens is 289 g/mol. The van der Waals surface area contributed by atoms with Gasteiger partial charge in [-0.15, -0.1) is 9.24 Å². The van der Waals surface area contributed by atoms with E-state index in [-0.39, 0.29) is 5.92 Å². The largest absolute Gasteiger partial charge is 0.300 e. The molecule has 116 valence electrons. The molecular formula is C19H24NOP. The molecule has 1 aliphatic carbocycles. The zero-order valence-electron chi connectivity index (χ0n) is 13.4. The highest BCUT2D eigenvalue weighted by molar-refractivity contribution is 7.27. The van der Waals surface area contributed by atoms with E-state index in [2.05, 4.69) is 45.4 Å². The third-order valence-corrected chi connectivity index (χ3v) is 5.72. The molecule has 2 nitrogen and oxygen atoms in total.